The number of amides is 1. The summed E-state index contributed by atoms with van der Waals surface area (Å²) < 4.78 is 2.02. The number of aliphatic hydroxyl groups is 1. The zero-order chi connectivity index (χ0) is 18.7. The van der Waals surface area contributed by atoms with Crippen LogP contribution in [0.1, 0.15) is 37.7 Å². The molecule has 4 rings (SSSR count). The summed E-state index contributed by atoms with van der Waals surface area (Å²) in [5.74, 6) is 0.606. The first-order valence-corrected chi connectivity index (χ1v) is 10.1. The van der Waals surface area contributed by atoms with Gasteiger partial charge in [0.05, 0.1) is 17.8 Å². The van der Waals surface area contributed by atoms with Crippen LogP contribution in [0.2, 0.25) is 0 Å². The van der Waals surface area contributed by atoms with Gasteiger partial charge in [-0.3, -0.25) is 4.79 Å². The smallest absolute Gasteiger partial charge is 0.230 e. The Morgan fingerprint density at radius 3 is 2.59 bits per heavy atom. The number of aromatic nitrogens is 2. The molecule has 1 saturated heterocycles. The fourth-order valence-corrected chi connectivity index (χ4v) is 4.34. The molecule has 27 heavy (non-hydrogen) atoms. The van der Waals surface area contributed by atoms with Crippen molar-refractivity contribution < 1.29 is 9.90 Å². The lowest BCUT2D eigenvalue weighted by atomic mass is 9.87. The minimum atomic E-state index is -0.275. The molecule has 1 aliphatic heterocycles. The van der Waals surface area contributed by atoms with Gasteiger partial charge in [-0.2, -0.15) is 0 Å². The molecular weight excluding hydrogens is 338 g/mol. The average Bonchev–Trinajstić information content (AvgIpc) is 3.31. The topological polar surface area (TPSA) is 58.4 Å². The van der Waals surface area contributed by atoms with E-state index in [1.165, 1.54) is 5.56 Å². The molecule has 0 spiro atoms. The molecular formula is C22H29N3O2. The zero-order valence-corrected chi connectivity index (χ0v) is 15.8. The van der Waals surface area contributed by atoms with Crippen LogP contribution in [-0.2, 0) is 17.8 Å². The third-order valence-corrected chi connectivity index (χ3v) is 6.29. The lowest BCUT2D eigenvalue weighted by Crippen LogP contribution is -2.45. The highest BCUT2D eigenvalue weighted by atomic mass is 16.3. The second-order valence-corrected chi connectivity index (χ2v) is 8.24. The Bertz CT molecular complexity index is 732. The standard InChI is InChI=1S/C22H29N3O2/c26-20(7-6-18-4-2-1-3-5-18)19-8-13-25(14-9-19)21(27)22(10-11-22)16-24-15-12-23-17-24/h1-5,12,15,17,19-20,26H,6-11,13-14,16H2/t20-/m1/s1. The van der Waals surface area contributed by atoms with Crippen LogP contribution in [-0.4, -0.2) is 44.7 Å². The lowest BCUT2D eigenvalue weighted by molar-refractivity contribution is -0.139. The maximum atomic E-state index is 13.0. The third-order valence-electron chi connectivity index (χ3n) is 6.29. The van der Waals surface area contributed by atoms with E-state index in [-0.39, 0.29) is 11.5 Å². The summed E-state index contributed by atoms with van der Waals surface area (Å²) in [6.45, 7) is 2.29. The van der Waals surface area contributed by atoms with Crippen LogP contribution in [0.15, 0.2) is 49.1 Å². The van der Waals surface area contributed by atoms with Crippen LogP contribution in [0.5, 0.6) is 0 Å². The molecule has 0 radical (unpaired) electrons. The van der Waals surface area contributed by atoms with Crippen molar-refractivity contribution in [1.29, 1.82) is 0 Å². The van der Waals surface area contributed by atoms with E-state index in [2.05, 4.69) is 17.1 Å². The Morgan fingerprint density at radius 2 is 1.96 bits per heavy atom. The monoisotopic (exact) mass is 367 g/mol. The number of hydrogen-bond acceptors (Lipinski definition) is 3. The maximum absolute atomic E-state index is 13.0. The number of benzene rings is 1. The molecule has 2 heterocycles. The van der Waals surface area contributed by atoms with E-state index in [1.807, 2.05) is 33.9 Å². The lowest BCUT2D eigenvalue weighted by Gasteiger charge is -2.36. The number of aryl methyl sites for hydroxylation is 1. The number of hydrogen-bond donors (Lipinski definition) is 1. The number of carbonyl (C=O) groups excluding carboxylic acids is 1. The summed E-state index contributed by atoms with van der Waals surface area (Å²) >= 11 is 0. The Balaban J connectivity index is 1.25. The van der Waals surface area contributed by atoms with Gasteiger partial charge in [0.25, 0.3) is 0 Å². The van der Waals surface area contributed by atoms with E-state index in [4.69, 9.17) is 0 Å². The molecule has 2 aliphatic rings. The maximum Gasteiger partial charge on any atom is 0.230 e. The summed E-state index contributed by atoms with van der Waals surface area (Å²) in [7, 11) is 0. The molecule has 1 N–H and O–H groups in total. The molecule has 0 bridgehead atoms. The van der Waals surface area contributed by atoms with Crippen LogP contribution in [0.25, 0.3) is 0 Å². The molecule has 1 saturated carbocycles. The van der Waals surface area contributed by atoms with Gasteiger partial charge in [0.15, 0.2) is 0 Å². The fraction of sp³-hybridized carbons (Fsp3) is 0.545. The van der Waals surface area contributed by atoms with Gasteiger partial charge in [0.2, 0.25) is 5.91 Å². The molecule has 1 aliphatic carbocycles. The number of imidazole rings is 1. The van der Waals surface area contributed by atoms with Crippen molar-refractivity contribution in [2.24, 2.45) is 11.3 Å². The highest BCUT2D eigenvalue weighted by Crippen LogP contribution is 2.49. The van der Waals surface area contributed by atoms with Gasteiger partial charge in [0, 0.05) is 32.0 Å². The molecule has 1 amide bonds. The van der Waals surface area contributed by atoms with Crippen molar-refractivity contribution >= 4 is 5.91 Å². The molecule has 5 heteroatoms. The quantitative estimate of drug-likeness (QED) is 0.819. The van der Waals surface area contributed by atoms with Crippen LogP contribution >= 0.6 is 0 Å². The zero-order valence-electron chi connectivity index (χ0n) is 15.8. The molecule has 1 aromatic heterocycles. The second-order valence-electron chi connectivity index (χ2n) is 8.24. The van der Waals surface area contributed by atoms with Gasteiger partial charge < -0.3 is 14.6 Å². The minimum Gasteiger partial charge on any atom is -0.393 e. The third kappa shape index (κ3) is 4.24. The van der Waals surface area contributed by atoms with Crippen molar-refractivity contribution in [3.8, 4) is 0 Å². The summed E-state index contributed by atoms with van der Waals surface area (Å²) in [6.07, 6.45) is 10.7. The predicted molar refractivity (Wildman–Crippen MR) is 104 cm³/mol. The highest BCUT2D eigenvalue weighted by molar-refractivity contribution is 5.85. The Kier molecular flexibility index (Phi) is 5.30. The van der Waals surface area contributed by atoms with E-state index in [1.54, 1.807) is 12.5 Å². The van der Waals surface area contributed by atoms with Gasteiger partial charge in [-0.05, 0) is 50.0 Å². The molecule has 0 unspecified atom stereocenters. The Morgan fingerprint density at radius 1 is 1.22 bits per heavy atom. The highest BCUT2D eigenvalue weighted by Gasteiger charge is 2.52. The molecule has 1 atom stereocenters. The van der Waals surface area contributed by atoms with E-state index < -0.39 is 0 Å². The number of rotatable bonds is 7. The molecule has 1 aromatic carbocycles. The number of aliphatic hydroxyl groups excluding tert-OH is 1. The summed E-state index contributed by atoms with van der Waals surface area (Å²) in [6, 6.07) is 10.3. The van der Waals surface area contributed by atoms with Crippen LogP contribution < -0.4 is 0 Å². The predicted octanol–water partition coefficient (Wildman–Crippen LogP) is 2.90. The molecule has 5 nitrogen and oxygen atoms in total. The number of piperidine rings is 1. The van der Waals surface area contributed by atoms with Gasteiger partial charge in [-0.1, -0.05) is 30.3 Å². The van der Waals surface area contributed by atoms with Gasteiger partial charge in [-0.15, -0.1) is 0 Å². The van der Waals surface area contributed by atoms with E-state index >= 15 is 0 Å². The number of likely N-dealkylation sites (tertiary alicyclic amines) is 1. The number of carbonyl (C=O) groups is 1. The minimum absolute atomic E-state index is 0.209. The largest absolute Gasteiger partial charge is 0.393 e. The average molecular weight is 367 g/mol. The molecule has 2 fully saturated rings. The second kappa shape index (κ2) is 7.85. The number of nitrogens with zero attached hydrogens (tertiary/aromatic N) is 3. The van der Waals surface area contributed by atoms with Crippen LogP contribution in [0.4, 0.5) is 0 Å². The van der Waals surface area contributed by atoms with Crippen LogP contribution in [0, 0.1) is 11.3 Å². The fourth-order valence-electron chi connectivity index (χ4n) is 4.34. The Labute approximate surface area is 161 Å². The van der Waals surface area contributed by atoms with Gasteiger partial charge >= 0.3 is 0 Å². The summed E-state index contributed by atoms with van der Waals surface area (Å²) in [4.78, 5) is 19.1. The normalized spacial score (nSPS) is 20.4. The van der Waals surface area contributed by atoms with Crippen molar-refractivity contribution in [2.45, 2.75) is 51.2 Å². The van der Waals surface area contributed by atoms with Crippen molar-refractivity contribution in [3.05, 3.63) is 54.6 Å². The molecule has 144 valence electrons. The first-order valence-electron chi connectivity index (χ1n) is 10.1. The Hall–Kier alpha value is -2.14. The molecule has 2 aromatic rings. The van der Waals surface area contributed by atoms with Crippen molar-refractivity contribution in [2.75, 3.05) is 13.1 Å². The summed E-state index contributed by atoms with van der Waals surface area (Å²) in [5.41, 5.74) is 1.07. The van der Waals surface area contributed by atoms with Gasteiger partial charge in [-0.25, -0.2) is 4.98 Å². The van der Waals surface area contributed by atoms with E-state index in [0.29, 0.717) is 11.8 Å². The SMILES string of the molecule is O=C(N1CCC([C@H](O)CCc2ccccc2)CC1)C1(Cn2ccnc2)CC1. The summed E-state index contributed by atoms with van der Waals surface area (Å²) in [5, 5.41) is 10.6. The first kappa shape index (κ1) is 18.2. The van der Waals surface area contributed by atoms with E-state index in [9.17, 15) is 9.90 Å². The van der Waals surface area contributed by atoms with Crippen LogP contribution in [0.3, 0.4) is 0 Å². The van der Waals surface area contributed by atoms with Gasteiger partial charge in [0.1, 0.15) is 0 Å². The first-order chi connectivity index (χ1) is 13.2. The van der Waals surface area contributed by atoms with Crippen molar-refractivity contribution in [3.63, 3.8) is 0 Å². The van der Waals surface area contributed by atoms with E-state index in [0.717, 1.165) is 58.2 Å². The van der Waals surface area contributed by atoms with Crippen molar-refractivity contribution in [1.82, 2.24) is 14.5 Å².